The Labute approximate surface area is 136 Å². The van der Waals surface area contributed by atoms with Crippen molar-refractivity contribution in [2.75, 3.05) is 26.2 Å². The van der Waals surface area contributed by atoms with Gasteiger partial charge in [0.1, 0.15) is 5.54 Å². The summed E-state index contributed by atoms with van der Waals surface area (Å²) in [5.41, 5.74) is 1.74. The summed E-state index contributed by atoms with van der Waals surface area (Å²) in [6.45, 7) is 4.34. The third kappa shape index (κ3) is 3.09. The van der Waals surface area contributed by atoms with Crippen LogP contribution >= 0.6 is 0 Å². The molecule has 0 bridgehead atoms. The summed E-state index contributed by atoms with van der Waals surface area (Å²) in [4.78, 5) is 27.9. The van der Waals surface area contributed by atoms with Crippen LogP contribution in [0.3, 0.4) is 0 Å². The van der Waals surface area contributed by atoms with Crippen molar-refractivity contribution in [1.29, 1.82) is 0 Å². The fourth-order valence-electron chi connectivity index (χ4n) is 3.36. The number of aliphatic hydroxyl groups is 1. The van der Waals surface area contributed by atoms with Gasteiger partial charge in [0.2, 0.25) is 0 Å². The SMILES string of the molecule is Cc1ccc(CN2CCC3(CC2)NC(=O)N(CCO)C3=O)cc1. The number of aliphatic hydroxyl groups excluding tert-OH is 1. The topological polar surface area (TPSA) is 72.9 Å². The van der Waals surface area contributed by atoms with E-state index in [0.717, 1.165) is 24.5 Å². The number of carbonyl (C=O) groups is 2. The number of aryl methyl sites for hydroxylation is 1. The van der Waals surface area contributed by atoms with E-state index in [9.17, 15) is 9.59 Å². The molecule has 0 saturated carbocycles. The van der Waals surface area contributed by atoms with Gasteiger partial charge in [0, 0.05) is 19.6 Å². The first-order chi connectivity index (χ1) is 11.0. The van der Waals surface area contributed by atoms with Gasteiger partial charge in [-0.15, -0.1) is 0 Å². The first-order valence-electron chi connectivity index (χ1n) is 8.07. The largest absolute Gasteiger partial charge is 0.395 e. The van der Waals surface area contributed by atoms with E-state index < -0.39 is 5.54 Å². The second-order valence-corrected chi connectivity index (χ2v) is 6.45. The van der Waals surface area contributed by atoms with E-state index in [1.807, 2.05) is 0 Å². The Hall–Kier alpha value is -1.92. The van der Waals surface area contributed by atoms with Crippen LogP contribution in [0.4, 0.5) is 4.79 Å². The number of hydrogen-bond donors (Lipinski definition) is 2. The highest BCUT2D eigenvalue weighted by atomic mass is 16.3. The zero-order valence-corrected chi connectivity index (χ0v) is 13.4. The van der Waals surface area contributed by atoms with Gasteiger partial charge in [-0.1, -0.05) is 29.8 Å². The molecule has 2 saturated heterocycles. The van der Waals surface area contributed by atoms with Crippen LogP contribution in [0.5, 0.6) is 0 Å². The molecule has 2 aliphatic rings. The molecule has 0 aliphatic carbocycles. The highest BCUT2D eigenvalue weighted by Gasteiger charge is 2.51. The molecule has 0 aromatic heterocycles. The fraction of sp³-hybridized carbons (Fsp3) is 0.529. The van der Waals surface area contributed by atoms with Crippen molar-refractivity contribution in [3.05, 3.63) is 35.4 Å². The lowest BCUT2D eigenvalue weighted by atomic mass is 9.87. The number of β-amino-alcohol motifs (C(OH)–C–C–N with tert-alkyl or cyclic N) is 1. The van der Waals surface area contributed by atoms with Crippen molar-refractivity contribution in [2.45, 2.75) is 31.8 Å². The van der Waals surface area contributed by atoms with Crippen LogP contribution in [0.2, 0.25) is 0 Å². The summed E-state index contributed by atoms with van der Waals surface area (Å²) in [7, 11) is 0. The molecule has 0 unspecified atom stereocenters. The average molecular weight is 317 g/mol. The van der Waals surface area contributed by atoms with Crippen LogP contribution < -0.4 is 5.32 Å². The van der Waals surface area contributed by atoms with Gasteiger partial charge in [0.25, 0.3) is 5.91 Å². The van der Waals surface area contributed by atoms with Gasteiger partial charge >= 0.3 is 6.03 Å². The van der Waals surface area contributed by atoms with Crippen LogP contribution in [0.1, 0.15) is 24.0 Å². The van der Waals surface area contributed by atoms with Crippen LogP contribution in [0.25, 0.3) is 0 Å². The van der Waals surface area contributed by atoms with E-state index >= 15 is 0 Å². The number of piperidine rings is 1. The van der Waals surface area contributed by atoms with Crippen LogP contribution in [-0.4, -0.2) is 58.6 Å². The molecule has 2 N–H and O–H groups in total. The van der Waals surface area contributed by atoms with Crippen LogP contribution in [0, 0.1) is 6.92 Å². The van der Waals surface area contributed by atoms with E-state index in [-0.39, 0.29) is 25.1 Å². The second-order valence-electron chi connectivity index (χ2n) is 6.45. The molecular formula is C17H23N3O3. The molecule has 1 spiro atoms. The number of nitrogens with zero attached hydrogens (tertiary/aromatic N) is 2. The summed E-state index contributed by atoms with van der Waals surface area (Å²) in [5.74, 6) is -0.188. The first kappa shape index (κ1) is 16.0. The maximum absolute atomic E-state index is 12.5. The van der Waals surface area contributed by atoms with Gasteiger partial charge < -0.3 is 10.4 Å². The van der Waals surface area contributed by atoms with Gasteiger partial charge in [-0.05, 0) is 25.3 Å². The van der Waals surface area contributed by atoms with Crippen molar-refractivity contribution in [3.8, 4) is 0 Å². The molecule has 2 fully saturated rings. The normalized spacial score (nSPS) is 21.0. The van der Waals surface area contributed by atoms with Gasteiger partial charge in [-0.25, -0.2) is 4.79 Å². The molecule has 2 aliphatic heterocycles. The van der Waals surface area contributed by atoms with E-state index in [4.69, 9.17) is 5.11 Å². The monoisotopic (exact) mass is 317 g/mol. The van der Waals surface area contributed by atoms with Crippen molar-refractivity contribution >= 4 is 11.9 Å². The molecule has 6 heteroatoms. The summed E-state index contributed by atoms with van der Waals surface area (Å²) < 4.78 is 0. The minimum absolute atomic E-state index is 0.0689. The Morgan fingerprint density at radius 1 is 1.17 bits per heavy atom. The maximum atomic E-state index is 12.5. The number of carbonyl (C=O) groups excluding carboxylic acids is 2. The van der Waals surface area contributed by atoms with Crippen molar-refractivity contribution in [1.82, 2.24) is 15.1 Å². The fourth-order valence-corrected chi connectivity index (χ4v) is 3.36. The van der Waals surface area contributed by atoms with Gasteiger partial charge in [0.05, 0.1) is 13.2 Å². The molecule has 3 amide bonds. The van der Waals surface area contributed by atoms with E-state index in [1.165, 1.54) is 11.1 Å². The Morgan fingerprint density at radius 2 is 1.83 bits per heavy atom. The Kier molecular flexibility index (Phi) is 4.37. The summed E-state index contributed by atoms with van der Waals surface area (Å²) in [6, 6.07) is 8.09. The Morgan fingerprint density at radius 3 is 2.43 bits per heavy atom. The van der Waals surface area contributed by atoms with Gasteiger partial charge in [-0.2, -0.15) is 0 Å². The Bertz CT molecular complexity index is 592. The number of rotatable bonds is 4. The zero-order valence-electron chi connectivity index (χ0n) is 13.4. The van der Waals surface area contributed by atoms with E-state index in [0.29, 0.717) is 12.8 Å². The minimum atomic E-state index is -0.768. The minimum Gasteiger partial charge on any atom is -0.395 e. The molecular weight excluding hydrogens is 294 g/mol. The Balaban J connectivity index is 1.61. The molecule has 0 atom stereocenters. The standard InChI is InChI=1S/C17H23N3O3/c1-13-2-4-14(5-3-13)12-19-8-6-17(7-9-19)15(22)20(10-11-21)16(23)18-17/h2-5,21H,6-12H2,1H3,(H,18,23). The second kappa shape index (κ2) is 6.29. The van der Waals surface area contributed by atoms with Crippen LogP contribution in [0.15, 0.2) is 24.3 Å². The van der Waals surface area contributed by atoms with Gasteiger partial charge in [-0.3, -0.25) is 14.6 Å². The molecule has 124 valence electrons. The number of likely N-dealkylation sites (tertiary alicyclic amines) is 1. The van der Waals surface area contributed by atoms with Gasteiger partial charge in [0.15, 0.2) is 0 Å². The molecule has 1 aromatic rings. The highest BCUT2D eigenvalue weighted by molar-refractivity contribution is 6.07. The summed E-state index contributed by atoms with van der Waals surface area (Å²) in [5, 5.41) is 11.8. The predicted molar refractivity (Wildman–Crippen MR) is 85.8 cm³/mol. The predicted octanol–water partition coefficient (Wildman–Crippen LogP) is 0.874. The van der Waals surface area contributed by atoms with Crippen LogP contribution in [-0.2, 0) is 11.3 Å². The van der Waals surface area contributed by atoms with Crippen molar-refractivity contribution < 1.29 is 14.7 Å². The third-order valence-corrected chi connectivity index (χ3v) is 4.81. The number of urea groups is 1. The zero-order chi connectivity index (χ0) is 16.4. The first-order valence-corrected chi connectivity index (χ1v) is 8.07. The van der Waals surface area contributed by atoms with E-state index in [2.05, 4.69) is 41.4 Å². The van der Waals surface area contributed by atoms with Crippen molar-refractivity contribution in [2.24, 2.45) is 0 Å². The smallest absolute Gasteiger partial charge is 0.325 e. The number of imide groups is 1. The lowest BCUT2D eigenvalue weighted by Gasteiger charge is -2.37. The quantitative estimate of drug-likeness (QED) is 0.809. The lowest BCUT2D eigenvalue weighted by Crippen LogP contribution is -2.54. The highest BCUT2D eigenvalue weighted by Crippen LogP contribution is 2.29. The average Bonchev–Trinajstić information content (AvgIpc) is 2.77. The molecule has 23 heavy (non-hydrogen) atoms. The number of amides is 3. The molecule has 0 radical (unpaired) electrons. The number of nitrogens with one attached hydrogen (secondary N) is 1. The molecule has 3 rings (SSSR count). The molecule has 6 nitrogen and oxygen atoms in total. The third-order valence-electron chi connectivity index (χ3n) is 4.81. The molecule has 1 aromatic carbocycles. The van der Waals surface area contributed by atoms with Crippen molar-refractivity contribution in [3.63, 3.8) is 0 Å². The van der Waals surface area contributed by atoms with E-state index in [1.54, 1.807) is 0 Å². The summed E-state index contributed by atoms with van der Waals surface area (Å²) >= 11 is 0. The summed E-state index contributed by atoms with van der Waals surface area (Å²) in [6.07, 6.45) is 1.23. The molecule has 2 heterocycles. The number of benzene rings is 1. The number of hydrogen-bond acceptors (Lipinski definition) is 4. The lowest BCUT2D eigenvalue weighted by molar-refractivity contribution is -0.133. The maximum Gasteiger partial charge on any atom is 0.325 e.